The fourth-order valence-electron chi connectivity index (χ4n) is 1.91. The molecule has 0 atom stereocenters. The highest BCUT2D eigenvalue weighted by atomic mass is 35.5. The average molecular weight is 466 g/mol. The Bertz CT molecular complexity index is 750. The number of hydrogen-bond donors (Lipinski definition) is 3. The highest BCUT2D eigenvalue weighted by Crippen LogP contribution is 2.53. The Morgan fingerprint density at radius 2 is 1.83 bits per heavy atom. The summed E-state index contributed by atoms with van der Waals surface area (Å²) in [7, 11) is -1.14. The summed E-state index contributed by atoms with van der Waals surface area (Å²) >= 11 is 7.23. The van der Waals surface area contributed by atoms with Gasteiger partial charge in [0.25, 0.3) is 0 Å². The molecule has 0 aromatic heterocycles. The van der Waals surface area contributed by atoms with Gasteiger partial charge in [-0.05, 0) is 36.8 Å². The number of rotatable bonds is 10. The molecule has 29 heavy (non-hydrogen) atoms. The molecule has 6 N–H and O–H groups in total. The molecule has 0 fully saturated rings. The fraction of sp³-hybridized carbons (Fsp3) is 0.500. The molecule has 0 saturated carbocycles. The summed E-state index contributed by atoms with van der Waals surface area (Å²) in [4.78, 5) is 0. The number of allylic oxidation sites excluding steroid dienone is 1. The van der Waals surface area contributed by atoms with Crippen molar-refractivity contribution in [3.05, 3.63) is 51.4 Å². The van der Waals surface area contributed by atoms with Crippen LogP contribution in [0.1, 0.15) is 26.3 Å². The Labute approximate surface area is 184 Å². The lowest BCUT2D eigenvalue weighted by atomic mass is 10.1. The molecule has 1 aromatic rings. The molecule has 0 unspecified atom stereocenters. The summed E-state index contributed by atoms with van der Waals surface area (Å²) in [6.07, 6.45) is 5.75. The van der Waals surface area contributed by atoms with Crippen molar-refractivity contribution in [3.8, 4) is 0 Å². The van der Waals surface area contributed by atoms with E-state index in [1.165, 1.54) is 36.0 Å². The van der Waals surface area contributed by atoms with Crippen LogP contribution in [-0.2, 0) is 8.92 Å². The minimum atomic E-state index is -1.14. The van der Waals surface area contributed by atoms with E-state index in [9.17, 15) is 4.39 Å². The molecule has 0 bridgehead atoms. The molecule has 9 heteroatoms. The standard InChI is InChI=1S/C20H33ClFN3O2S2/c1-20(2,3)29(4,5)27-9-8-26-10-11-28-19(25)18(24)13-17(23)15-12-14(21)6-7-16(15)22/h6-7,12-13H,8-11,23-25H2,1-5H3/b17-13-,19-18-. The molecule has 1 aromatic carbocycles. The van der Waals surface area contributed by atoms with Gasteiger partial charge in [0, 0.05) is 26.8 Å². The van der Waals surface area contributed by atoms with E-state index in [1.54, 1.807) is 0 Å². The van der Waals surface area contributed by atoms with Gasteiger partial charge in [0.15, 0.2) is 0 Å². The Morgan fingerprint density at radius 3 is 2.45 bits per heavy atom. The van der Waals surface area contributed by atoms with E-state index < -0.39 is 16.1 Å². The molecule has 0 heterocycles. The lowest BCUT2D eigenvalue weighted by Gasteiger charge is -2.43. The summed E-state index contributed by atoms with van der Waals surface area (Å²) in [5.74, 6) is 0.149. The van der Waals surface area contributed by atoms with E-state index in [-0.39, 0.29) is 21.7 Å². The zero-order valence-corrected chi connectivity index (χ0v) is 20.1. The van der Waals surface area contributed by atoms with E-state index in [0.29, 0.717) is 35.6 Å². The molecule has 0 spiro atoms. The second kappa shape index (κ2) is 11.4. The first-order chi connectivity index (χ1) is 13.3. The molecule has 0 aliphatic rings. The van der Waals surface area contributed by atoms with Gasteiger partial charge in [-0.2, -0.15) is 0 Å². The second-order valence-electron chi connectivity index (χ2n) is 7.67. The number of ether oxygens (including phenoxy) is 1. The summed E-state index contributed by atoms with van der Waals surface area (Å²) in [6.45, 7) is 8.13. The van der Waals surface area contributed by atoms with Gasteiger partial charge >= 0.3 is 0 Å². The Balaban J connectivity index is 2.44. The van der Waals surface area contributed by atoms with E-state index in [0.717, 1.165) is 0 Å². The van der Waals surface area contributed by atoms with E-state index in [4.69, 9.17) is 37.7 Å². The Morgan fingerprint density at radius 1 is 1.17 bits per heavy atom. The fourth-order valence-corrected chi connectivity index (χ4v) is 3.57. The van der Waals surface area contributed by atoms with Crippen molar-refractivity contribution >= 4 is 39.4 Å². The topological polar surface area (TPSA) is 96.5 Å². The van der Waals surface area contributed by atoms with Crippen LogP contribution in [0.4, 0.5) is 4.39 Å². The molecular formula is C20H33ClFN3O2S2. The molecule has 0 saturated heterocycles. The third kappa shape index (κ3) is 8.68. The van der Waals surface area contributed by atoms with Crippen LogP contribution < -0.4 is 17.2 Å². The van der Waals surface area contributed by atoms with Gasteiger partial charge in [-0.15, -0.1) is 22.1 Å². The highest BCUT2D eigenvalue weighted by Gasteiger charge is 2.28. The van der Waals surface area contributed by atoms with Crippen molar-refractivity contribution in [3.63, 3.8) is 0 Å². The van der Waals surface area contributed by atoms with E-state index in [2.05, 4.69) is 33.3 Å². The zero-order valence-electron chi connectivity index (χ0n) is 17.8. The van der Waals surface area contributed by atoms with Gasteiger partial charge in [0.1, 0.15) is 5.82 Å². The van der Waals surface area contributed by atoms with E-state index in [1.807, 2.05) is 0 Å². The maximum absolute atomic E-state index is 13.9. The van der Waals surface area contributed by atoms with Crippen molar-refractivity contribution in [1.29, 1.82) is 0 Å². The number of nitrogens with two attached hydrogens (primary N) is 3. The SMILES string of the molecule is CC(C)(C)S(C)(C)OCCOCCS/C(N)=C(N)/C=C(\N)c1cc(Cl)ccc1F. The molecule has 1 rings (SSSR count). The van der Waals surface area contributed by atoms with Crippen molar-refractivity contribution < 1.29 is 13.3 Å². The van der Waals surface area contributed by atoms with Crippen LogP contribution in [0.3, 0.4) is 0 Å². The molecule has 0 aliphatic carbocycles. The van der Waals surface area contributed by atoms with Crippen LogP contribution in [0, 0.1) is 5.82 Å². The number of hydrogen-bond acceptors (Lipinski definition) is 6. The summed E-state index contributed by atoms with van der Waals surface area (Å²) in [5, 5.41) is 0.782. The van der Waals surface area contributed by atoms with Crippen LogP contribution >= 0.6 is 33.7 Å². The Hall–Kier alpha value is -1.06. The molecule has 0 amide bonds. The van der Waals surface area contributed by atoms with Crippen LogP contribution in [0.5, 0.6) is 0 Å². The first kappa shape index (κ1) is 26.0. The van der Waals surface area contributed by atoms with Gasteiger partial charge in [-0.3, -0.25) is 0 Å². The van der Waals surface area contributed by atoms with Crippen LogP contribution in [0.2, 0.25) is 5.02 Å². The zero-order chi connectivity index (χ0) is 22.2. The first-order valence-corrected chi connectivity index (χ1v) is 12.8. The van der Waals surface area contributed by atoms with Crippen LogP contribution in [0.25, 0.3) is 5.70 Å². The van der Waals surface area contributed by atoms with Gasteiger partial charge in [-0.25, -0.2) is 4.39 Å². The van der Waals surface area contributed by atoms with Crippen molar-refractivity contribution in [2.24, 2.45) is 17.2 Å². The van der Waals surface area contributed by atoms with Crippen molar-refractivity contribution in [2.45, 2.75) is 25.5 Å². The number of thioether (sulfide) groups is 1. The normalized spacial score (nSPS) is 14.7. The molecular weight excluding hydrogens is 433 g/mol. The summed E-state index contributed by atoms with van der Waals surface area (Å²) in [5.41, 5.74) is 18.5. The van der Waals surface area contributed by atoms with Crippen LogP contribution in [0.15, 0.2) is 35.0 Å². The molecule has 0 radical (unpaired) electrons. The molecule has 0 aliphatic heterocycles. The molecule has 5 nitrogen and oxygen atoms in total. The first-order valence-electron chi connectivity index (χ1n) is 9.11. The number of halogens is 2. The molecule has 166 valence electrons. The van der Waals surface area contributed by atoms with Crippen LogP contribution in [-0.4, -0.2) is 42.8 Å². The Kier molecular flexibility index (Phi) is 10.2. The maximum atomic E-state index is 13.9. The second-order valence-corrected chi connectivity index (χ2v) is 13.2. The number of benzene rings is 1. The lowest BCUT2D eigenvalue weighted by molar-refractivity contribution is 0.117. The minimum Gasteiger partial charge on any atom is -0.398 e. The third-order valence-corrected chi connectivity index (χ3v) is 9.26. The average Bonchev–Trinajstić information content (AvgIpc) is 2.61. The van der Waals surface area contributed by atoms with Crippen molar-refractivity contribution in [1.82, 2.24) is 0 Å². The quantitative estimate of drug-likeness (QED) is 0.350. The summed E-state index contributed by atoms with van der Waals surface area (Å²) in [6, 6.07) is 4.15. The predicted molar refractivity (Wildman–Crippen MR) is 127 cm³/mol. The largest absolute Gasteiger partial charge is 0.398 e. The predicted octanol–water partition coefficient (Wildman–Crippen LogP) is 4.41. The minimum absolute atomic E-state index is 0.128. The van der Waals surface area contributed by atoms with Crippen molar-refractivity contribution in [2.75, 3.05) is 38.1 Å². The highest BCUT2D eigenvalue weighted by molar-refractivity contribution is 8.29. The monoisotopic (exact) mass is 465 g/mol. The maximum Gasteiger partial charge on any atom is 0.132 e. The van der Waals surface area contributed by atoms with Gasteiger partial charge in [0.2, 0.25) is 0 Å². The van der Waals surface area contributed by atoms with Gasteiger partial charge < -0.3 is 26.1 Å². The third-order valence-electron chi connectivity index (χ3n) is 4.40. The summed E-state index contributed by atoms with van der Waals surface area (Å²) < 4.78 is 25.6. The van der Waals surface area contributed by atoms with Gasteiger partial charge in [-0.1, -0.05) is 32.4 Å². The van der Waals surface area contributed by atoms with Gasteiger partial charge in [0.05, 0.1) is 30.5 Å². The smallest absolute Gasteiger partial charge is 0.132 e. The lowest BCUT2D eigenvalue weighted by Crippen LogP contribution is -2.26. The van der Waals surface area contributed by atoms with E-state index >= 15 is 0 Å².